The number of likely N-dealkylation sites (tertiary alicyclic amines) is 1. The van der Waals surface area contributed by atoms with Crippen molar-refractivity contribution in [3.8, 4) is 5.75 Å². The molecule has 2 rings (SSSR count). The summed E-state index contributed by atoms with van der Waals surface area (Å²) in [5.74, 6) is 1.97. The third-order valence-corrected chi connectivity index (χ3v) is 5.00. The highest BCUT2D eigenvalue weighted by molar-refractivity contribution is 5.25. The van der Waals surface area contributed by atoms with Gasteiger partial charge in [-0.25, -0.2) is 0 Å². The van der Waals surface area contributed by atoms with Gasteiger partial charge in [0.25, 0.3) is 0 Å². The Labute approximate surface area is 123 Å². The van der Waals surface area contributed by atoms with Gasteiger partial charge >= 0.3 is 0 Å². The molecular formula is C18H29NO. The molecule has 1 aliphatic heterocycles. The van der Waals surface area contributed by atoms with Gasteiger partial charge in [-0.05, 0) is 62.6 Å². The molecule has 0 spiro atoms. The summed E-state index contributed by atoms with van der Waals surface area (Å²) in [5.41, 5.74) is 1.32. The summed E-state index contributed by atoms with van der Waals surface area (Å²) >= 11 is 0. The van der Waals surface area contributed by atoms with E-state index in [0.29, 0.717) is 17.8 Å². The maximum atomic E-state index is 9.32. The molecule has 0 radical (unpaired) electrons. The molecule has 1 aromatic rings. The largest absolute Gasteiger partial charge is 0.508 e. The molecule has 1 N–H and O–H groups in total. The quantitative estimate of drug-likeness (QED) is 0.895. The highest BCUT2D eigenvalue weighted by Gasteiger charge is 2.31. The molecule has 0 aromatic heterocycles. The standard InChI is InChI=1S/C18H29NO/c1-13-11-14(2)16(4)19(12-13)15(3)5-6-17-7-9-18(20)10-8-17/h7-10,13-16,20H,5-6,11-12H2,1-4H3. The number of hydrogen-bond acceptors (Lipinski definition) is 2. The zero-order chi connectivity index (χ0) is 14.7. The van der Waals surface area contributed by atoms with Crippen LogP contribution in [0.3, 0.4) is 0 Å². The van der Waals surface area contributed by atoms with E-state index >= 15 is 0 Å². The average Bonchev–Trinajstić information content (AvgIpc) is 2.42. The van der Waals surface area contributed by atoms with Crippen molar-refractivity contribution in [3.05, 3.63) is 29.8 Å². The maximum Gasteiger partial charge on any atom is 0.115 e. The Kier molecular flexibility index (Phi) is 5.09. The van der Waals surface area contributed by atoms with E-state index in [4.69, 9.17) is 0 Å². The summed E-state index contributed by atoms with van der Waals surface area (Å²) in [6.07, 6.45) is 3.64. The predicted molar refractivity (Wildman–Crippen MR) is 85.0 cm³/mol. The fourth-order valence-corrected chi connectivity index (χ4v) is 3.54. The zero-order valence-electron chi connectivity index (χ0n) is 13.3. The first-order valence-corrected chi connectivity index (χ1v) is 8.01. The lowest BCUT2D eigenvalue weighted by atomic mass is 9.84. The van der Waals surface area contributed by atoms with E-state index in [-0.39, 0.29) is 0 Å². The minimum absolute atomic E-state index is 0.356. The van der Waals surface area contributed by atoms with Gasteiger partial charge in [-0.2, -0.15) is 0 Å². The average molecular weight is 275 g/mol. The Balaban J connectivity index is 1.90. The van der Waals surface area contributed by atoms with Crippen LogP contribution in [0.5, 0.6) is 5.75 Å². The summed E-state index contributed by atoms with van der Waals surface area (Å²) in [6, 6.07) is 8.96. The van der Waals surface area contributed by atoms with Crippen molar-refractivity contribution in [1.29, 1.82) is 0 Å². The summed E-state index contributed by atoms with van der Waals surface area (Å²) in [7, 11) is 0. The topological polar surface area (TPSA) is 23.5 Å². The normalized spacial score (nSPS) is 29.3. The van der Waals surface area contributed by atoms with Crippen molar-refractivity contribution in [2.75, 3.05) is 6.54 Å². The molecule has 2 nitrogen and oxygen atoms in total. The van der Waals surface area contributed by atoms with Crippen LogP contribution in [0.4, 0.5) is 0 Å². The molecule has 0 aliphatic carbocycles. The Morgan fingerprint density at radius 2 is 1.85 bits per heavy atom. The first kappa shape index (κ1) is 15.4. The number of aromatic hydroxyl groups is 1. The monoisotopic (exact) mass is 275 g/mol. The van der Waals surface area contributed by atoms with E-state index in [1.807, 2.05) is 12.1 Å². The van der Waals surface area contributed by atoms with Crippen LogP contribution in [0.15, 0.2) is 24.3 Å². The van der Waals surface area contributed by atoms with Crippen LogP contribution in [0.25, 0.3) is 0 Å². The lowest BCUT2D eigenvalue weighted by Crippen LogP contribution is -2.50. The van der Waals surface area contributed by atoms with Crippen LogP contribution in [-0.2, 0) is 6.42 Å². The number of nitrogens with zero attached hydrogens (tertiary/aromatic N) is 1. The van der Waals surface area contributed by atoms with E-state index in [9.17, 15) is 5.11 Å². The number of phenolic OH excluding ortho intramolecular Hbond substituents is 1. The molecule has 2 heteroatoms. The van der Waals surface area contributed by atoms with Crippen molar-refractivity contribution < 1.29 is 5.11 Å². The van der Waals surface area contributed by atoms with Gasteiger partial charge in [-0.3, -0.25) is 4.90 Å². The molecule has 4 unspecified atom stereocenters. The molecule has 0 saturated carbocycles. The Hall–Kier alpha value is -1.02. The number of benzene rings is 1. The van der Waals surface area contributed by atoms with Crippen molar-refractivity contribution >= 4 is 0 Å². The van der Waals surface area contributed by atoms with Crippen LogP contribution in [0, 0.1) is 11.8 Å². The zero-order valence-corrected chi connectivity index (χ0v) is 13.3. The third kappa shape index (κ3) is 3.76. The fourth-order valence-electron chi connectivity index (χ4n) is 3.54. The second-order valence-corrected chi connectivity index (χ2v) is 6.81. The number of piperidine rings is 1. The SMILES string of the molecule is CC1CC(C)C(C)N(C(C)CCc2ccc(O)cc2)C1. The van der Waals surface area contributed by atoms with Gasteiger partial charge in [0.1, 0.15) is 5.75 Å². The molecule has 112 valence electrons. The van der Waals surface area contributed by atoms with Crippen molar-refractivity contribution in [2.24, 2.45) is 11.8 Å². The van der Waals surface area contributed by atoms with E-state index in [1.54, 1.807) is 12.1 Å². The number of rotatable bonds is 4. The van der Waals surface area contributed by atoms with Crippen LogP contribution in [0.1, 0.15) is 46.1 Å². The van der Waals surface area contributed by atoms with E-state index in [0.717, 1.165) is 18.3 Å². The molecular weight excluding hydrogens is 246 g/mol. The van der Waals surface area contributed by atoms with Crippen molar-refractivity contribution in [3.63, 3.8) is 0 Å². The minimum atomic E-state index is 0.356. The van der Waals surface area contributed by atoms with Gasteiger partial charge < -0.3 is 5.11 Å². The number of phenols is 1. The van der Waals surface area contributed by atoms with Gasteiger partial charge in [0.15, 0.2) is 0 Å². The summed E-state index contributed by atoms with van der Waals surface area (Å²) in [6.45, 7) is 10.7. The first-order chi connectivity index (χ1) is 9.47. The Bertz CT molecular complexity index is 414. The lowest BCUT2D eigenvalue weighted by Gasteiger charge is -2.44. The van der Waals surface area contributed by atoms with Gasteiger partial charge in [-0.15, -0.1) is 0 Å². The fraction of sp³-hybridized carbons (Fsp3) is 0.667. The number of hydrogen-bond donors (Lipinski definition) is 1. The molecule has 0 amide bonds. The van der Waals surface area contributed by atoms with Gasteiger partial charge in [0.2, 0.25) is 0 Å². The number of aryl methyl sites for hydroxylation is 1. The van der Waals surface area contributed by atoms with Crippen LogP contribution < -0.4 is 0 Å². The van der Waals surface area contributed by atoms with Gasteiger partial charge in [-0.1, -0.05) is 26.0 Å². The first-order valence-electron chi connectivity index (χ1n) is 8.01. The van der Waals surface area contributed by atoms with Crippen LogP contribution >= 0.6 is 0 Å². The molecule has 20 heavy (non-hydrogen) atoms. The molecule has 1 aliphatic rings. The van der Waals surface area contributed by atoms with E-state index in [2.05, 4.69) is 32.6 Å². The molecule has 0 bridgehead atoms. The highest BCUT2D eigenvalue weighted by Crippen LogP contribution is 2.29. The van der Waals surface area contributed by atoms with E-state index in [1.165, 1.54) is 24.9 Å². The molecule has 1 saturated heterocycles. The maximum absolute atomic E-state index is 9.32. The summed E-state index contributed by atoms with van der Waals surface area (Å²) < 4.78 is 0. The Morgan fingerprint density at radius 1 is 1.20 bits per heavy atom. The van der Waals surface area contributed by atoms with Crippen LogP contribution in [-0.4, -0.2) is 28.6 Å². The molecule has 1 heterocycles. The second-order valence-electron chi connectivity index (χ2n) is 6.81. The van der Waals surface area contributed by atoms with Gasteiger partial charge in [0, 0.05) is 18.6 Å². The van der Waals surface area contributed by atoms with E-state index < -0.39 is 0 Å². The molecule has 1 fully saturated rings. The third-order valence-electron chi connectivity index (χ3n) is 5.00. The smallest absolute Gasteiger partial charge is 0.115 e. The molecule has 1 aromatic carbocycles. The summed E-state index contributed by atoms with van der Waals surface area (Å²) in [5, 5.41) is 9.32. The molecule has 4 atom stereocenters. The van der Waals surface area contributed by atoms with Crippen molar-refractivity contribution in [2.45, 2.75) is 59.0 Å². The lowest BCUT2D eigenvalue weighted by molar-refractivity contribution is 0.0436. The Morgan fingerprint density at radius 3 is 2.50 bits per heavy atom. The predicted octanol–water partition coefficient (Wildman–Crippen LogP) is 4.08. The highest BCUT2D eigenvalue weighted by atomic mass is 16.3. The van der Waals surface area contributed by atoms with Gasteiger partial charge in [0.05, 0.1) is 0 Å². The van der Waals surface area contributed by atoms with Crippen LogP contribution in [0.2, 0.25) is 0 Å². The second kappa shape index (κ2) is 6.62. The summed E-state index contributed by atoms with van der Waals surface area (Å²) in [4.78, 5) is 2.69. The minimum Gasteiger partial charge on any atom is -0.508 e. The van der Waals surface area contributed by atoms with Crippen molar-refractivity contribution in [1.82, 2.24) is 4.90 Å².